The Morgan fingerprint density at radius 2 is 2.10 bits per heavy atom. The van der Waals surface area contributed by atoms with Gasteiger partial charge in [-0.3, -0.25) is 9.59 Å². The average molecular weight is 292 g/mol. The lowest BCUT2D eigenvalue weighted by molar-refractivity contribution is -0.120. The van der Waals surface area contributed by atoms with Crippen molar-refractivity contribution in [1.29, 1.82) is 0 Å². The van der Waals surface area contributed by atoms with Gasteiger partial charge in [0.15, 0.2) is 0 Å². The minimum absolute atomic E-state index is 0.0271. The van der Waals surface area contributed by atoms with E-state index in [1.807, 2.05) is 6.92 Å². The predicted molar refractivity (Wildman–Crippen MR) is 76.0 cm³/mol. The third-order valence-corrected chi connectivity index (χ3v) is 2.51. The first-order valence-corrected chi connectivity index (χ1v) is 6.52. The number of amides is 2. The fourth-order valence-corrected chi connectivity index (χ4v) is 1.53. The summed E-state index contributed by atoms with van der Waals surface area (Å²) in [6.45, 7) is 1.89. The molecule has 3 N–H and O–H groups in total. The largest absolute Gasteiger partial charge is 0.384 e. The van der Waals surface area contributed by atoms with Gasteiger partial charge in [0.1, 0.15) is 12.4 Å². The first kappa shape index (κ1) is 16.7. The Balaban J connectivity index is 2.77. The molecular formula is C15H17FN2O3. The molecule has 6 heteroatoms. The van der Waals surface area contributed by atoms with Gasteiger partial charge >= 0.3 is 0 Å². The second-order valence-electron chi connectivity index (χ2n) is 4.18. The Labute approximate surface area is 122 Å². The first-order valence-electron chi connectivity index (χ1n) is 6.52. The third kappa shape index (κ3) is 5.63. The van der Waals surface area contributed by atoms with Crippen LogP contribution < -0.4 is 10.6 Å². The van der Waals surface area contributed by atoms with E-state index in [1.165, 1.54) is 12.1 Å². The van der Waals surface area contributed by atoms with E-state index in [2.05, 4.69) is 22.5 Å². The van der Waals surface area contributed by atoms with Crippen molar-refractivity contribution in [2.75, 3.05) is 19.7 Å². The van der Waals surface area contributed by atoms with Crippen LogP contribution in [-0.2, 0) is 4.79 Å². The molecule has 0 fully saturated rings. The molecule has 5 nitrogen and oxygen atoms in total. The molecule has 0 unspecified atom stereocenters. The zero-order valence-electron chi connectivity index (χ0n) is 11.7. The molecule has 2 amide bonds. The maximum atomic E-state index is 13.2. The smallest absolute Gasteiger partial charge is 0.253 e. The van der Waals surface area contributed by atoms with Gasteiger partial charge in [0, 0.05) is 12.1 Å². The number of benzene rings is 1. The van der Waals surface area contributed by atoms with Crippen molar-refractivity contribution in [3.8, 4) is 11.8 Å². The van der Waals surface area contributed by atoms with Crippen LogP contribution in [0.15, 0.2) is 18.2 Å². The van der Waals surface area contributed by atoms with Crippen LogP contribution in [0.3, 0.4) is 0 Å². The summed E-state index contributed by atoms with van der Waals surface area (Å²) in [6, 6.07) is 3.57. The maximum Gasteiger partial charge on any atom is 0.253 e. The quantitative estimate of drug-likeness (QED) is 0.689. The number of rotatable bonds is 5. The Bertz CT molecular complexity index is 576. The second kappa shape index (κ2) is 8.72. The number of aliphatic hydroxyl groups is 1. The van der Waals surface area contributed by atoms with Gasteiger partial charge in [-0.05, 0) is 24.6 Å². The molecule has 0 radical (unpaired) electrons. The van der Waals surface area contributed by atoms with E-state index < -0.39 is 11.7 Å². The Kier molecular flexibility index (Phi) is 6.92. The van der Waals surface area contributed by atoms with Gasteiger partial charge in [0.05, 0.1) is 12.1 Å². The molecule has 0 aromatic heterocycles. The highest BCUT2D eigenvalue weighted by Crippen LogP contribution is 2.10. The van der Waals surface area contributed by atoms with Crippen LogP contribution in [0.5, 0.6) is 0 Å². The van der Waals surface area contributed by atoms with Crippen molar-refractivity contribution in [2.45, 2.75) is 13.3 Å². The summed E-state index contributed by atoms with van der Waals surface area (Å²) in [5, 5.41) is 13.7. The second-order valence-corrected chi connectivity index (χ2v) is 4.18. The molecule has 112 valence electrons. The average Bonchev–Trinajstić information content (AvgIpc) is 2.49. The Morgan fingerprint density at radius 1 is 1.33 bits per heavy atom. The summed E-state index contributed by atoms with van der Waals surface area (Å²) in [5.41, 5.74) is 0.316. The van der Waals surface area contributed by atoms with E-state index >= 15 is 0 Å². The summed E-state index contributed by atoms with van der Waals surface area (Å²) in [7, 11) is 0. The van der Waals surface area contributed by atoms with Crippen LogP contribution in [-0.4, -0.2) is 36.6 Å². The van der Waals surface area contributed by atoms with E-state index in [0.717, 1.165) is 12.5 Å². The minimum Gasteiger partial charge on any atom is -0.384 e. The Morgan fingerprint density at radius 3 is 2.76 bits per heavy atom. The molecule has 1 aromatic carbocycles. The summed E-state index contributed by atoms with van der Waals surface area (Å²) in [6.07, 6.45) is 0.796. The van der Waals surface area contributed by atoms with Crippen LogP contribution in [0, 0.1) is 17.7 Å². The molecule has 0 saturated carbocycles. The van der Waals surface area contributed by atoms with Crippen molar-refractivity contribution in [3.63, 3.8) is 0 Å². The highest BCUT2D eigenvalue weighted by molar-refractivity contribution is 5.98. The molecule has 1 rings (SSSR count). The highest BCUT2D eigenvalue weighted by Gasteiger charge is 2.12. The number of nitrogens with one attached hydrogen (secondary N) is 2. The zero-order chi connectivity index (χ0) is 15.7. The van der Waals surface area contributed by atoms with Crippen molar-refractivity contribution in [2.24, 2.45) is 0 Å². The molecule has 1 aromatic rings. The van der Waals surface area contributed by atoms with Gasteiger partial charge in [0.25, 0.3) is 5.91 Å². The number of carbonyl (C=O) groups is 2. The summed E-state index contributed by atoms with van der Waals surface area (Å²) in [5.74, 6) is 3.47. The molecule has 0 atom stereocenters. The van der Waals surface area contributed by atoms with Gasteiger partial charge in [-0.15, -0.1) is 0 Å². The van der Waals surface area contributed by atoms with E-state index in [1.54, 1.807) is 0 Å². The monoisotopic (exact) mass is 292 g/mol. The topological polar surface area (TPSA) is 78.4 Å². The number of halogens is 1. The van der Waals surface area contributed by atoms with Gasteiger partial charge in [0.2, 0.25) is 5.91 Å². The fourth-order valence-electron chi connectivity index (χ4n) is 1.53. The van der Waals surface area contributed by atoms with Crippen molar-refractivity contribution >= 4 is 11.8 Å². The molecular weight excluding hydrogens is 275 g/mol. The third-order valence-electron chi connectivity index (χ3n) is 2.51. The molecule has 21 heavy (non-hydrogen) atoms. The summed E-state index contributed by atoms with van der Waals surface area (Å²) < 4.78 is 13.2. The maximum absolute atomic E-state index is 13.2. The number of hydrogen-bond donors (Lipinski definition) is 3. The number of hydrogen-bond acceptors (Lipinski definition) is 3. The normalized spacial score (nSPS) is 9.48. The first-order chi connectivity index (χ1) is 10.1. The van der Waals surface area contributed by atoms with E-state index in [-0.39, 0.29) is 30.2 Å². The summed E-state index contributed by atoms with van der Waals surface area (Å²) >= 11 is 0. The lowest BCUT2D eigenvalue weighted by atomic mass is 10.1. The summed E-state index contributed by atoms with van der Waals surface area (Å²) in [4.78, 5) is 23.4. The lowest BCUT2D eigenvalue weighted by Gasteiger charge is -2.07. The number of carbonyl (C=O) groups excluding carboxylic acids is 2. The van der Waals surface area contributed by atoms with Gasteiger partial charge < -0.3 is 15.7 Å². The zero-order valence-corrected chi connectivity index (χ0v) is 11.7. The Hall–Kier alpha value is -2.39. The van der Waals surface area contributed by atoms with Gasteiger partial charge in [-0.2, -0.15) is 0 Å². The van der Waals surface area contributed by atoms with Crippen LogP contribution >= 0.6 is 0 Å². The van der Waals surface area contributed by atoms with Crippen LogP contribution in [0.4, 0.5) is 4.39 Å². The molecule has 0 bridgehead atoms. The molecule has 0 aliphatic rings. The van der Waals surface area contributed by atoms with E-state index in [0.29, 0.717) is 6.54 Å². The van der Waals surface area contributed by atoms with Crippen molar-refractivity contribution < 1.29 is 19.1 Å². The predicted octanol–water partition coefficient (Wildman–Crippen LogP) is 0.425. The van der Waals surface area contributed by atoms with Crippen LogP contribution in [0.25, 0.3) is 0 Å². The fraction of sp³-hybridized carbons (Fsp3) is 0.333. The van der Waals surface area contributed by atoms with Crippen molar-refractivity contribution in [3.05, 3.63) is 35.1 Å². The number of aliphatic hydroxyl groups excluding tert-OH is 1. The lowest BCUT2D eigenvalue weighted by Crippen LogP contribution is -2.37. The SMILES string of the molecule is CCCNC(=O)CNC(=O)c1cc(F)ccc1C#CCO. The highest BCUT2D eigenvalue weighted by atomic mass is 19.1. The van der Waals surface area contributed by atoms with Crippen molar-refractivity contribution in [1.82, 2.24) is 10.6 Å². The standard InChI is InChI=1S/C15H17FN2O3/c1-2-7-17-14(20)10-18-15(21)13-9-12(16)6-5-11(13)4-3-8-19/h5-6,9,19H,2,7-8,10H2,1H3,(H,17,20)(H,18,21). The molecule has 0 aliphatic carbocycles. The molecule has 0 spiro atoms. The minimum atomic E-state index is -0.594. The molecule has 0 saturated heterocycles. The van der Waals surface area contributed by atoms with E-state index in [9.17, 15) is 14.0 Å². The van der Waals surface area contributed by atoms with Gasteiger partial charge in [-0.25, -0.2) is 4.39 Å². The van der Waals surface area contributed by atoms with E-state index in [4.69, 9.17) is 5.11 Å². The van der Waals surface area contributed by atoms with Crippen LogP contribution in [0.2, 0.25) is 0 Å². The molecule has 0 aliphatic heterocycles. The van der Waals surface area contributed by atoms with Crippen LogP contribution in [0.1, 0.15) is 29.3 Å². The van der Waals surface area contributed by atoms with Gasteiger partial charge in [-0.1, -0.05) is 18.8 Å². The molecule has 0 heterocycles.